The molecule has 1 aromatic heterocycles. The number of nitrogens with zero attached hydrogens (tertiary/aromatic N) is 2. The van der Waals surface area contributed by atoms with E-state index in [9.17, 15) is 0 Å². The lowest BCUT2D eigenvalue weighted by molar-refractivity contribution is 0.318. The van der Waals surface area contributed by atoms with Crippen LogP contribution in [-0.2, 0) is 6.42 Å². The maximum Gasteiger partial charge on any atom is 0.185 e. The minimum absolute atomic E-state index is 0.553. The Labute approximate surface area is 126 Å². The van der Waals surface area contributed by atoms with Gasteiger partial charge in [0.05, 0.1) is 5.69 Å². The van der Waals surface area contributed by atoms with Crippen molar-refractivity contribution >= 4 is 16.5 Å². The van der Waals surface area contributed by atoms with Gasteiger partial charge in [-0.1, -0.05) is 24.7 Å². The second kappa shape index (κ2) is 6.44. The average Bonchev–Trinajstić information content (AvgIpc) is 2.83. The van der Waals surface area contributed by atoms with Gasteiger partial charge in [-0.25, -0.2) is 4.98 Å². The first-order valence-corrected chi connectivity index (χ1v) is 9.11. The third-order valence-corrected chi connectivity index (χ3v) is 6.02. The molecule has 1 fully saturated rings. The molecule has 1 heterocycles. The third-order valence-electron chi connectivity index (χ3n) is 4.75. The van der Waals surface area contributed by atoms with Crippen molar-refractivity contribution in [1.29, 1.82) is 0 Å². The first kappa shape index (κ1) is 14.3. The molecule has 1 unspecified atom stereocenters. The molecule has 112 valence electrons. The molecule has 0 radical (unpaired) electrons. The highest BCUT2D eigenvalue weighted by molar-refractivity contribution is 7.15. The number of rotatable bonds is 6. The standard InChI is InChI=1S/C16H27N3S/c1-3-17-13-9-6-10-14-15(13)20-16(18-14)19(4-2)11-12-7-5-8-12/h12-13,17H,3-11H2,1-2H3. The van der Waals surface area contributed by atoms with Gasteiger partial charge < -0.3 is 10.2 Å². The summed E-state index contributed by atoms with van der Waals surface area (Å²) in [6.07, 6.45) is 8.00. The first-order chi connectivity index (χ1) is 9.81. The Morgan fingerprint density at radius 2 is 2.10 bits per heavy atom. The maximum atomic E-state index is 4.97. The van der Waals surface area contributed by atoms with Crippen LogP contribution in [0.1, 0.15) is 62.6 Å². The Hall–Kier alpha value is -0.610. The number of aryl methyl sites for hydroxylation is 1. The summed E-state index contributed by atoms with van der Waals surface area (Å²) in [7, 11) is 0. The number of thiazole rings is 1. The fraction of sp³-hybridized carbons (Fsp3) is 0.812. The Balaban J connectivity index is 1.76. The third kappa shape index (κ3) is 2.86. The highest BCUT2D eigenvalue weighted by Crippen LogP contribution is 2.38. The molecule has 0 amide bonds. The SMILES string of the molecule is CCNC1CCCc2nc(N(CC)CC3CCC3)sc21. The van der Waals surface area contributed by atoms with Gasteiger partial charge >= 0.3 is 0 Å². The molecule has 1 saturated carbocycles. The van der Waals surface area contributed by atoms with Gasteiger partial charge in [0, 0.05) is 24.0 Å². The Kier molecular flexibility index (Phi) is 4.61. The van der Waals surface area contributed by atoms with Crippen molar-refractivity contribution in [3.05, 3.63) is 10.6 Å². The van der Waals surface area contributed by atoms with Crippen LogP contribution in [0.4, 0.5) is 5.13 Å². The molecule has 0 aromatic carbocycles. The second-order valence-corrected chi connectivity index (χ2v) is 7.15. The molecule has 1 N–H and O–H groups in total. The van der Waals surface area contributed by atoms with Crippen molar-refractivity contribution < 1.29 is 0 Å². The predicted molar refractivity (Wildman–Crippen MR) is 86.7 cm³/mol. The van der Waals surface area contributed by atoms with Gasteiger partial charge in [0.1, 0.15) is 0 Å². The predicted octanol–water partition coefficient (Wildman–Crippen LogP) is 3.76. The van der Waals surface area contributed by atoms with E-state index in [4.69, 9.17) is 4.98 Å². The summed E-state index contributed by atoms with van der Waals surface area (Å²) in [6.45, 7) is 7.83. The minimum atomic E-state index is 0.553. The number of fused-ring (bicyclic) bond motifs is 1. The van der Waals surface area contributed by atoms with Crippen LogP contribution in [0.3, 0.4) is 0 Å². The molecule has 3 rings (SSSR count). The van der Waals surface area contributed by atoms with E-state index in [1.165, 1.54) is 60.8 Å². The minimum Gasteiger partial charge on any atom is -0.348 e. The van der Waals surface area contributed by atoms with E-state index in [0.717, 1.165) is 19.0 Å². The van der Waals surface area contributed by atoms with Crippen molar-refractivity contribution in [2.24, 2.45) is 5.92 Å². The molecule has 0 bridgehead atoms. The van der Waals surface area contributed by atoms with Gasteiger partial charge in [0.2, 0.25) is 0 Å². The number of hydrogen-bond acceptors (Lipinski definition) is 4. The lowest BCUT2D eigenvalue weighted by Gasteiger charge is -2.31. The van der Waals surface area contributed by atoms with E-state index >= 15 is 0 Å². The summed E-state index contributed by atoms with van der Waals surface area (Å²) in [6, 6.07) is 0.553. The molecule has 0 spiro atoms. The summed E-state index contributed by atoms with van der Waals surface area (Å²) >= 11 is 1.94. The molecule has 2 aliphatic carbocycles. The maximum absolute atomic E-state index is 4.97. The fourth-order valence-corrected chi connectivity index (χ4v) is 4.61. The zero-order valence-electron chi connectivity index (χ0n) is 12.8. The van der Waals surface area contributed by atoms with Crippen LogP contribution >= 0.6 is 11.3 Å². The number of hydrogen-bond donors (Lipinski definition) is 1. The first-order valence-electron chi connectivity index (χ1n) is 8.29. The summed E-state index contributed by atoms with van der Waals surface area (Å²) in [5.74, 6) is 0.917. The van der Waals surface area contributed by atoms with Crippen LogP contribution in [0.25, 0.3) is 0 Å². The van der Waals surface area contributed by atoms with E-state index in [0.29, 0.717) is 6.04 Å². The molecule has 2 aliphatic rings. The number of aromatic nitrogens is 1. The van der Waals surface area contributed by atoms with E-state index in [-0.39, 0.29) is 0 Å². The molecular weight excluding hydrogens is 266 g/mol. The summed E-state index contributed by atoms with van der Waals surface area (Å²) < 4.78 is 0. The van der Waals surface area contributed by atoms with E-state index in [2.05, 4.69) is 24.1 Å². The van der Waals surface area contributed by atoms with Crippen LogP contribution in [0.15, 0.2) is 0 Å². The van der Waals surface area contributed by atoms with Gasteiger partial charge in [-0.3, -0.25) is 0 Å². The van der Waals surface area contributed by atoms with Crippen LogP contribution in [-0.4, -0.2) is 24.6 Å². The quantitative estimate of drug-likeness (QED) is 0.865. The summed E-state index contributed by atoms with van der Waals surface area (Å²) in [4.78, 5) is 8.99. The van der Waals surface area contributed by atoms with Crippen molar-refractivity contribution in [1.82, 2.24) is 10.3 Å². The molecule has 20 heavy (non-hydrogen) atoms. The molecule has 4 heteroatoms. The van der Waals surface area contributed by atoms with Gasteiger partial charge in [-0.05, 0) is 51.5 Å². The van der Waals surface area contributed by atoms with Crippen molar-refractivity contribution in [2.75, 3.05) is 24.5 Å². The average molecular weight is 293 g/mol. The topological polar surface area (TPSA) is 28.2 Å². The van der Waals surface area contributed by atoms with Gasteiger partial charge in [0.25, 0.3) is 0 Å². The normalized spacial score (nSPS) is 22.4. The lowest BCUT2D eigenvalue weighted by atomic mass is 9.85. The van der Waals surface area contributed by atoms with Crippen LogP contribution in [0.2, 0.25) is 0 Å². The summed E-state index contributed by atoms with van der Waals surface area (Å²) in [5, 5.41) is 4.90. The Morgan fingerprint density at radius 1 is 1.25 bits per heavy atom. The summed E-state index contributed by atoms with van der Waals surface area (Å²) in [5.41, 5.74) is 1.37. The van der Waals surface area contributed by atoms with E-state index in [1.54, 1.807) is 0 Å². The molecule has 1 aromatic rings. The lowest BCUT2D eigenvalue weighted by Crippen LogP contribution is -2.32. The van der Waals surface area contributed by atoms with Gasteiger partial charge in [-0.2, -0.15) is 0 Å². The Morgan fingerprint density at radius 3 is 2.75 bits per heavy atom. The van der Waals surface area contributed by atoms with E-state index < -0.39 is 0 Å². The van der Waals surface area contributed by atoms with Gasteiger partial charge in [-0.15, -0.1) is 0 Å². The largest absolute Gasteiger partial charge is 0.348 e. The van der Waals surface area contributed by atoms with Crippen molar-refractivity contribution in [2.45, 2.75) is 58.4 Å². The van der Waals surface area contributed by atoms with Crippen LogP contribution < -0.4 is 10.2 Å². The van der Waals surface area contributed by atoms with E-state index in [1.807, 2.05) is 11.3 Å². The number of nitrogens with one attached hydrogen (secondary N) is 1. The molecule has 0 aliphatic heterocycles. The molecular formula is C16H27N3S. The Bertz CT molecular complexity index is 439. The monoisotopic (exact) mass is 293 g/mol. The zero-order valence-corrected chi connectivity index (χ0v) is 13.6. The fourth-order valence-electron chi connectivity index (χ4n) is 3.31. The number of anilines is 1. The molecule has 3 nitrogen and oxygen atoms in total. The second-order valence-electron chi connectivity index (χ2n) is 6.15. The van der Waals surface area contributed by atoms with Crippen LogP contribution in [0, 0.1) is 5.92 Å². The molecule has 0 saturated heterocycles. The molecule has 1 atom stereocenters. The zero-order chi connectivity index (χ0) is 13.9. The highest BCUT2D eigenvalue weighted by atomic mass is 32.1. The van der Waals surface area contributed by atoms with Gasteiger partial charge in [0.15, 0.2) is 5.13 Å². The smallest absolute Gasteiger partial charge is 0.185 e. The van der Waals surface area contributed by atoms with Crippen molar-refractivity contribution in [3.63, 3.8) is 0 Å². The van der Waals surface area contributed by atoms with Crippen LogP contribution in [0.5, 0.6) is 0 Å². The van der Waals surface area contributed by atoms with Crippen molar-refractivity contribution in [3.8, 4) is 0 Å². The highest BCUT2D eigenvalue weighted by Gasteiger charge is 2.27.